The molecule has 0 spiro atoms. The fourth-order valence-corrected chi connectivity index (χ4v) is 1.81. The highest BCUT2D eigenvalue weighted by Crippen LogP contribution is 1.97. The fraction of sp³-hybridized carbons (Fsp3) is 0.857. The Labute approximate surface area is 251 Å². The number of nitrogens with one attached hydrogen (secondary N) is 4. The van der Waals surface area contributed by atoms with Gasteiger partial charge in [0.25, 0.3) is 0 Å². The molecule has 1 aliphatic heterocycles. The minimum Gasteiger partial charge on any atom is -0.396 e. The molecule has 13 nitrogen and oxygen atoms in total. The van der Waals surface area contributed by atoms with Gasteiger partial charge in [0.1, 0.15) is 0 Å². The number of nitrogens with two attached hydrogens (primary N) is 3. The van der Waals surface area contributed by atoms with Crippen LogP contribution in [0.3, 0.4) is 0 Å². The highest BCUT2D eigenvalue weighted by molar-refractivity contribution is 5.79. The molecule has 1 aliphatic rings. The summed E-state index contributed by atoms with van der Waals surface area (Å²) >= 11 is 0. The number of aliphatic imine (C=N–C) groups is 1. The van der Waals surface area contributed by atoms with E-state index in [4.69, 9.17) is 27.6 Å². The predicted octanol–water partition coefficient (Wildman–Crippen LogP) is 2.92. The minimum atomic E-state index is -0.446. The molecular weight excluding hydrogens is 524 g/mol. The van der Waals surface area contributed by atoms with Gasteiger partial charge in [-0.15, -0.1) is 0 Å². The molecule has 1 saturated heterocycles. The van der Waals surface area contributed by atoms with E-state index in [2.05, 4.69) is 58.9 Å². The third kappa shape index (κ3) is 67.1. The predicted molar refractivity (Wildman–Crippen MR) is 173 cm³/mol. The number of nitriles is 1. The molecule has 0 aromatic rings. The molecule has 0 radical (unpaired) electrons. The molecular formula is C28H66N10O3. The molecule has 0 aliphatic carbocycles. The van der Waals surface area contributed by atoms with Crippen molar-refractivity contribution in [3.05, 3.63) is 0 Å². The van der Waals surface area contributed by atoms with E-state index >= 15 is 0 Å². The van der Waals surface area contributed by atoms with Crippen molar-refractivity contribution in [2.75, 3.05) is 39.6 Å². The van der Waals surface area contributed by atoms with E-state index in [0.29, 0.717) is 62.7 Å². The number of guanidine groups is 1. The first-order valence-electron chi connectivity index (χ1n) is 14.5. The summed E-state index contributed by atoms with van der Waals surface area (Å²) in [5.41, 5.74) is 15.2. The van der Waals surface area contributed by atoms with Gasteiger partial charge in [-0.2, -0.15) is 5.26 Å². The van der Waals surface area contributed by atoms with Crippen LogP contribution >= 0.6 is 0 Å². The molecule has 1 rings (SSSR count). The molecule has 4 amide bonds. The zero-order valence-corrected chi connectivity index (χ0v) is 28.2. The molecule has 13 heteroatoms. The zero-order valence-electron chi connectivity index (χ0n) is 28.2. The minimum absolute atomic E-state index is 0.0648. The number of hydrogen-bond donors (Lipinski definition) is 8. The first kappa shape index (κ1) is 47.9. The average Bonchev–Trinajstić information content (AvgIpc) is 2.84. The average molecular weight is 591 g/mol. The Morgan fingerprint density at radius 1 is 0.976 bits per heavy atom. The summed E-state index contributed by atoms with van der Waals surface area (Å²) in [5.74, 6) is 2.22. The summed E-state index contributed by atoms with van der Waals surface area (Å²) < 4.78 is 0. The number of primary amides is 1. The van der Waals surface area contributed by atoms with E-state index in [0.717, 1.165) is 6.54 Å². The zero-order chi connectivity index (χ0) is 33.4. The molecule has 1 fully saturated rings. The van der Waals surface area contributed by atoms with E-state index < -0.39 is 6.03 Å². The molecule has 1 heterocycles. The molecule has 0 saturated carbocycles. The fourth-order valence-electron chi connectivity index (χ4n) is 1.81. The van der Waals surface area contributed by atoms with Gasteiger partial charge >= 0.3 is 12.1 Å². The van der Waals surface area contributed by atoms with Gasteiger partial charge in [-0.05, 0) is 29.7 Å². The molecule has 0 aromatic carbocycles. The molecule has 41 heavy (non-hydrogen) atoms. The van der Waals surface area contributed by atoms with Crippen LogP contribution in [0.25, 0.3) is 0 Å². The highest BCUT2D eigenvalue weighted by Gasteiger charge is 2.13. The van der Waals surface area contributed by atoms with Crippen LogP contribution in [-0.4, -0.2) is 73.6 Å². The lowest BCUT2D eigenvalue weighted by Crippen LogP contribution is -2.54. The SMILES string of the molecule is CC(C)CN1CNC(=O)NC1.CC(C)CN=C(N)NC#N.CC(C)CNC(N)=O.CC(C)CO.CC(C)N.CCC. The lowest BCUT2D eigenvalue weighted by Gasteiger charge is -2.28. The Morgan fingerprint density at radius 3 is 1.63 bits per heavy atom. The largest absolute Gasteiger partial charge is 0.396 e. The van der Waals surface area contributed by atoms with E-state index in [1.54, 1.807) is 6.19 Å². The normalized spacial score (nSPS) is 12.3. The van der Waals surface area contributed by atoms with Gasteiger partial charge < -0.3 is 38.3 Å². The van der Waals surface area contributed by atoms with E-state index in [1.165, 1.54) is 6.42 Å². The maximum atomic E-state index is 10.6. The van der Waals surface area contributed by atoms with Gasteiger partial charge in [-0.1, -0.05) is 89.5 Å². The van der Waals surface area contributed by atoms with Crippen molar-refractivity contribution in [2.24, 2.45) is 45.9 Å². The number of aliphatic hydroxyl groups excluding tert-OH is 1. The second-order valence-corrected chi connectivity index (χ2v) is 11.3. The summed E-state index contributed by atoms with van der Waals surface area (Å²) in [4.78, 5) is 26.7. The number of nitrogens with zero attached hydrogens (tertiary/aromatic N) is 3. The molecule has 0 unspecified atom stereocenters. The van der Waals surface area contributed by atoms with Gasteiger partial charge in [0.2, 0.25) is 5.96 Å². The van der Waals surface area contributed by atoms with Gasteiger partial charge in [0.15, 0.2) is 6.19 Å². The van der Waals surface area contributed by atoms with Crippen LogP contribution in [-0.2, 0) is 0 Å². The van der Waals surface area contributed by atoms with Crippen molar-refractivity contribution in [3.63, 3.8) is 0 Å². The Morgan fingerprint density at radius 2 is 1.39 bits per heavy atom. The standard InChI is InChI=1S/C7H15N3O.C6H12N4.C5H12N2O.C4H10O.C3H9N.C3H8/c1-6(2)3-10-4-8-7(11)9-5-10;1-5(2)3-9-6(8)10-4-7;1-4(2)3-7-5(6)8;1-4(2)3-5;1-3(2)4;1-3-2/h6H,3-5H2,1-2H3,(H2,8,9,11);5H,3H2,1-2H3,(H3,8,9,10);4H,3H2,1-2H3,(H3,6,7,8);4-5H,3H2,1-2H3;3H,4H2,1-2H3;3H2,1-2H3. The van der Waals surface area contributed by atoms with Gasteiger partial charge in [0.05, 0.1) is 13.3 Å². The summed E-state index contributed by atoms with van der Waals surface area (Å²) in [5, 5.41) is 26.4. The van der Waals surface area contributed by atoms with Crippen LogP contribution in [0.4, 0.5) is 9.59 Å². The Kier molecular flexibility index (Phi) is 41.2. The third-order valence-electron chi connectivity index (χ3n) is 3.41. The first-order chi connectivity index (χ1) is 18.9. The lowest BCUT2D eigenvalue weighted by molar-refractivity contribution is 0.171. The molecule has 0 bridgehead atoms. The number of amides is 4. The van der Waals surface area contributed by atoms with Crippen LogP contribution < -0.4 is 38.5 Å². The van der Waals surface area contributed by atoms with Crippen molar-refractivity contribution >= 4 is 18.0 Å². The summed E-state index contributed by atoms with van der Waals surface area (Å²) in [6.45, 7) is 28.5. The number of hydrogen-bond acceptors (Lipinski definition) is 7. The Balaban J connectivity index is -0.000000134. The lowest BCUT2D eigenvalue weighted by atomic mass is 10.2. The molecule has 0 atom stereocenters. The summed E-state index contributed by atoms with van der Waals surface area (Å²) in [6.07, 6.45) is 2.94. The van der Waals surface area contributed by atoms with Gasteiger partial charge in [-0.3, -0.25) is 15.2 Å². The number of rotatable bonds is 7. The van der Waals surface area contributed by atoms with Crippen LogP contribution in [0.2, 0.25) is 0 Å². The number of aliphatic hydroxyl groups is 1. The molecule has 0 aromatic heterocycles. The Bertz CT molecular complexity index is 637. The molecule has 11 N–H and O–H groups in total. The number of carbonyl (C=O) groups excluding carboxylic acids is 2. The topological polar surface area (TPSA) is 220 Å². The maximum Gasteiger partial charge on any atom is 0.316 e. The van der Waals surface area contributed by atoms with Crippen molar-refractivity contribution in [1.82, 2.24) is 26.2 Å². The second-order valence-electron chi connectivity index (χ2n) is 11.3. The maximum absolute atomic E-state index is 10.6. The van der Waals surface area contributed by atoms with Gasteiger partial charge in [0, 0.05) is 26.2 Å². The monoisotopic (exact) mass is 591 g/mol. The van der Waals surface area contributed by atoms with E-state index in [-0.39, 0.29) is 12.0 Å². The highest BCUT2D eigenvalue weighted by atomic mass is 16.3. The van der Waals surface area contributed by atoms with Crippen LogP contribution in [0, 0.1) is 35.1 Å². The number of urea groups is 2. The Hall–Kier alpha value is -2.82. The van der Waals surface area contributed by atoms with Crippen molar-refractivity contribution in [2.45, 2.75) is 95.5 Å². The number of carbonyl (C=O) groups is 2. The van der Waals surface area contributed by atoms with Crippen molar-refractivity contribution < 1.29 is 14.7 Å². The summed E-state index contributed by atoms with van der Waals surface area (Å²) in [6, 6.07) is -0.177. The van der Waals surface area contributed by atoms with Crippen LogP contribution in [0.5, 0.6) is 0 Å². The smallest absolute Gasteiger partial charge is 0.316 e. The van der Waals surface area contributed by atoms with Gasteiger partial charge in [-0.25, -0.2) is 9.59 Å². The van der Waals surface area contributed by atoms with E-state index in [1.807, 2.05) is 55.4 Å². The quantitative estimate of drug-likeness (QED) is 0.0950. The first-order valence-corrected chi connectivity index (χ1v) is 14.5. The van der Waals surface area contributed by atoms with E-state index in [9.17, 15) is 9.59 Å². The van der Waals surface area contributed by atoms with Crippen LogP contribution in [0.15, 0.2) is 4.99 Å². The van der Waals surface area contributed by atoms with Crippen LogP contribution in [0.1, 0.15) is 89.5 Å². The second kappa shape index (κ2) is 35.2. The van der Waals surface area contributed by atoms with Crippen molar-refractivity contribution in [3.8, 4) is 6.19 Å². The third-order valence-corrected chi connectivity index (χ3v) is 3.41. The van der Waals surface area contributed by atoms with Crippen molar-refractivity contribution in [1.29, 1.82) is 5.26 Å². The summed E-state index contributed by atoms with van der Waals surface area (Å²) in [7, 11) is 0. The molecule has 246 valence electrons.